The van der Waals surface area contributed by atoms with Gasteiger partial charge in [0.1, 0.15) is 0 Å². The molecule has 0 aliphatic heterocycles. The lowest BCUT2D eigenvalue weighted by atomic mass is 9.98. The number of carbonyl (C=O) groups is 1. The predicted octanol–water partition coefficient (Wildman–Crippen LogP) is 3.12. The highest BCUT2D eigenvalue weighted by Crippen LogP contribution is 2.18. The molecule has 2 rings (SSSR count). The monoisotopic (exact) mass is 258 g/mol. The topological polar surface area (TPSA) is 44.9 Å². The Kier molecular flexibility index (Phi) is 4.25. The van der Waals surface area contributed by atoms with E-state index in [1.54, 1.807) is 0 Å². The highest BCUT2D eigenvalue weighted by molar-refractivity contribution is 5.88. The highest BCUT2D eigenvalue weighted by atomic mass is 16.1. The summed E-state index contributed by atoms with van der Waals surface area (Å²) in [7, 11) is 0. The fourth-order valence-corrected chi connectivity index (χ4v) is 2.02. The normalized spacial score (nSPS) is 12.8. The molecule has 1 amide bonds. The van der Waals surface area contributed by atoms with Crippen molar-refractivity contribution in [3.8, 4) is 0 Å². The summed E-state index contributed by atoms with van der Waals surface area (Å²) < 4.78 is 0. The molecule has 2 N–H and O–H groups in total. The van der Waals surface area contributed by atoms with E-state index in [1.807, 2.05) is 30.5 Å². The average molecular weight is 258 g/mol. The molecule has 0 aliphatic carbocycles. The number of para-hydroxylation sites is 1. The molecule has 102 valence electrons. The van der Waals surface area contributed by atoms with Gasteiger partial charge in [0.2, 0.25) is 5.91 Å². The molecule has 3 heteroatoms. The number of hydrogen-bond donors (Lipinski definition) is 2. The molecule has 19 heavy (non-hydrogen) atoms. The number of carbonyl (C=O) groups excluding carboxylic acids is 1. The summed E-state index contributed by atoms with van der Waals surface area (Å²) in [5, 5.41) is 4.15. The van der Waals surface area contributed by atoms with Crippen molar-refractivity contribution in [2.75, 3.05) is 6.54 Å². The molecule has 1 unspecified atom stereocenters. The number of amides is 1. The summed E-state index contributed by atoms with van der Waals surface area (Å²) in [6.45, 7) is 7.27. The van der Waals surface area contributed by atoms with Gasteiger partial charge in [0, 0.05) is 23.6 Å². The van der Waals surface area contributed by atoms with Gasteiger partial charge in [0.15, 0.2) is 0 Å². The third kappa shape index (κ3) is 3.37. The third-order valence-electron chi connectivity index (χ3n) is 3.79. The van der Waals surface area contributed by atoms with E-state index in [0.717, 1.165) is 23.0 Å². The van der Waals surface area contributed by atoms with Gasteiger partial charge in [-0.15, -0.1) is 0 Å². The molecule has 0 fully saturated rings. The first kappa shape index (κ1) is 13.7. The van der Waals surface area contributed by atoms with E-state index in [0.29, 0.717) is 18.3 Å². The van der Waals surface area contributed by atoms with E-state index in [2.05, 4.69) is 31.1 Å². The second-order valence-electron chi connectivity index (χ2n) is 5.56. The SMILES string of the molecule is CC(C)C(C)CNC(=O)Cc1c[nH]c2ccccc12. The zero-order chi connectivity index (χ0) is 13.8. The van der Waals surface area contributed by atoms with E-state index < -0.39 is 0 Å². The van der Waals surface area contributed by atoms with Crippen molar-refractivity contribution in [1.29, 1.82) is 0 Å². The maximum atomic E-state index is 12.0. The average Bonchev–Trinajstić information content (AvgIpc) is 2.79. The molecular formula is C16H22N2O. The zero-order valence-electron chi connectivity index (χ0n) is 11.9. The second-order valence-corrected chi connectivity index (χ2v) is 5.56. The Labute approximate surface area is 114 Å². The summed E-state index contributed by atoms with van der Waals surface area (Å²) >= 11 is 0. The number of aromatic nitrogens is 1. The van der Waals surface area contributed by atoms with Crippen LogP contribution in [0.15, 0.2) is 30.5 Å². The summed E-state index contributed by atoms with van der Waals surface area (Å²) in [5.41, 5.74) is 2.14. The van der Waals surface area contributed by atoms with Gasteiger partial charge in [-0.3, -0.25) is 4.79 Å². The molecule has 0 bridgehead atoms. The number of rotatable bonds is 5. The van der Waals surface area contributed by atoms with Crippen LogP contribution in [-0.2, 0) is 11.2 Å². The molecule has 1 aromatic heterocycles. The van der Waals surface area contributed by atoms with Crippen LogP contribution in [0.4, 0.5) is 0 Å². The van der Waals surface area contributed by atoms with Crippen molar-refractivity contribution >= 4 is 16.8 Å². The number of hydrogen-bond acceptors (Lipinski definition) is 1. The Balaban J connectivity index is 1.96. The van der Waals surface area contributed by atoms with Crippen LogP contribution in [0.3, 0.4) is 0 Å². The molecule has 0 aliphatic rings. The number of nitrogens with one attached hydrogen (secondary N) is 2. The minimum absolute atomic E-state index is 0.0947. The van der Waals surface area contributed by atoms with Crippen molar-refractivity contribution in [2.45, 2.75) is 27.2 Å². The summed E-state index contributed by atoms with van der Waals surface area (Å²) in [6, 6.07) is 8.06. The minimum atomic E-state index is 0.0947. The van der Waals surface area contributed by atoms with E-state index >= 15 is 0 Å². The van der Waals surface area contributed by atoms with Gasteiger partial charge in [-0.05, 0) is 23.5 Å². The fourth-order valence-electron chi connectivity index (χ4n) is 2.02. The molecule has 0 saturated carbocycles. The Morgan fingerprint density at radius 2 is 2.00 bits per heavy atom. The quantitative estimate of drug-likeness (QED) is 0.850. The summed E-state index contributed by atoms with van der Waals surface area (Å²) in [4.78, 5) is 15.2. The molecule has 0 radical (unpaired) electrons. The smallest absolute Gasteiger partial charge is 0.224 e. The zero-order valence-corrected chi connectivity index (χ0v) is 11.9. The minimum Gasteiger partial charge on any atom is -0.361 e. The van der Waals surface area contributed by atoms with Crippen LogP contribution < -0.4 is 5.32 Å². The molecule has 1 heterocycles. The first-order chi connectivity index (χ1) is 9.08. The first-order valence-electron chi connectivity index (χ1n) is 6.89. The number of aromatic amines is 1. The molecule has 1 aromatic carbocycles. The van der Waals surface area contributed by atoms with Crippen molar-refractivity contribution in [2.24, 2.45) is 11.8 Å². The van der Waals surface area contributed by atoms with Crippen LogP contribution in [-0.4, -0.2) is 17.4 Å². The maximum absolute atomic E-state index is 12.0. The molecule has 0 saturated heterocycles. The Bertz CT molecular complexity index is 557. The molecule has 3 nitrogen and oxygen atoms in total. The van der Waals surface area contributed by atoms with Gasteiger partial charge < -0.3 is 10.3 Å². The van der Waals surface area contributed by atoms with Crippen LogP contribution in [0.1, 0.15) is 26.3 Å². The van der Waals surface area contributed by atoms with Gasteiger partial charge >= 0.3 is 0 Å². The van der Waals surface area contributed by atoms with Crippen molar-refractivity contribution in [3.63, 3.8) is 0 Å². The molecule has 0 spiro atoms. The van der Waals surface area contributed by atoms with Gasteiger partial charge in [0.05, 0.1) is 6.42 Å². The second kappa shape index (κ2) is 5.91. The van der Waals surface area contributed by atoms with Crippen LogP contribution in [0.25, 0.3) is 10.9 Å². The lowest BCUT2D eigenvalue weighted by Crippen LogP contribution is -2.31. The van der Waals surface area contributed by atoms with Gasteiger partial charge in [-0.1, -0.05) is 39.0 Å². The standard InChI is InChI=1S/C16H22N2O/c1-11(2)12(3)9-18-16(19)8-13-10-17-15-7-5-4-6-14(13)15/h4-7,10-12,17H,8-9H2,1-3H3,(H,18,19). The lowest BCUT2D eigenvalue weighted by molar-refractivity contribution is -0.120. The third-order valence-corrected chi connectivity index (χ3v) is 3.79. The summed E-state index contributed by atoms with van der Waals surface area (Å²) in [6.07, 6.45) is 2.37. The highest BCUT2D eigenvalue weighted by Gasteiger charge is 2.11. The van der Waals surface area contributed by atoms with Gasteiger partial charge in [0.25, 0.3) is 0 Å². The molecule has 2 aromatic rings. The predicted molar refractivity (Wildman–Crippen MR) is 79.0 cm³/mol. The molecule has 1 atom stereocenters. The number of fused-ring (bicyclic) bond motifs is 1. The van der Waals surface area contributed by atoms with Crippen LogP contribution >= 0.6 is 0 Å². The van der Waals surface area contributed by atoms with Crippen molar-refractivity contribution in [1.82, 2.24) is 10.3 Å². The van der Waals surface area contributed by atoms with E-state index in [4.69, 9.17) is 0 Å². The Morgan fingerprint density at radius 3 is 2.74 bits per heavy atom. The van der Waals surface area contributed by atoms with Crippen molar-refractivity contribution in [3.05, 3.63) is 36.0 Å². The first-order valence-corrected chi connectivity index (χ1v) is 6.89. The van der Waals surface area contributed by atoms with E-state index in [-0.39, 0.29) is 5.91 Å². The van der Waals surface area contributed by atoms with Crippen LogP contribution in [0, 0.1) is 11.8 Å². The van der Waals surface area contributed by atoms with Crippen LogP contribution in [0.5, 0.6) is 0 Å². The van der Waals surface area contributed by atoms with E-state index in [9.17, 15) is 4.79 Å². The number of H-pyrrole nitrogens is 1. The fraction of sp³-hybridized carbons (Fsp3) is 0.438. The maximum Gasteiger partial charge on any atom is 0.224 e. The Morgan fingerprint density at radius 1 is 1.26 bits per heavy atom. The largest absolute Gasteiger partial charge is 0.361 e. The van der Waals surface area contributed by atoms with Crippen molar-refractivity contribution < 1.29 is 4.79 Å². The molecular weight excluding hydrogens is 236 g/mol. The number of benzene rings is 1. The lowest BCUT2D eigenvalue weighted by Gasteiger charge is -2.15. The van der Waals surface area contributed by atoms with Crippen LogP contribution in [0.2, 0.25) is 0 Å². The van der Waals surface area contributed by atoms with E-state index in [1.165, 1.54) is 0 Å². The van der Waals surface area contributed by atoms with Gasteiger partial charge in [-0.2, -0.15) is 0 Å². The Hall–Kier alpha value is -1.77. The summed E-state index contributed by atoms with van der Waals surface area (Å²) in [5.74, 6) is 1.19. The van der Waals surface area contributed by atoms with Gasteiger partial charge in [-0.25, -0.2) is 0 Å².